The Morgan fingerprint density at radius 2 is 1.80 bits per heavy atom. The van der Waals surface area contributed by atoms with Crippen LogP contribution < -0.4 is 10.5 Å². The molecule has 128 valence electrons. The van der Waals surface area contributed by atoms with Crippen LogP contribution in [0.15, 0.2) is 48.5 Å². The van der Waals surface area contributed by atoms with E-state index in [1.54, 1.807) is 13.2 Å². The van der Waals surface area contributed by atoms with E-state index < -0.39 is 11.7 Å². The third kappa shape index (κ3) is 2.89. The SMILES string of the molecule is CCc1c(C(=O)C(N)=O)c2c(OC)cccc2n1Cc1ccccc1. The molecule has 0 unspecified atom stereocenters. The normalized spacial score (nSPS) is 10.8. The fourth-order valence-electron chi connectivity index (χ4n) is 3.27. The number of primary amides is 1. The Kier molecular flexibility index (Phi) is 4.57. The molecule has 5 heteroatoms. The van der Waals surface area contributed by atoms with E-state index in [4.69, 9.17) is 10.5 Å². The number of fused-ring (bicyclic) bond motifs is 1. The number of aromatic nitrogens is 1. The Bertz CT molecular complexity index is 942. The molecule has 3 aromatic rings. The fourth-order valence-corrected chi connectivity index (χ4v) is 3.27. The zero-order valence-electron chi connectivity index (χ0n) is 14.3. The summed E-state index contributed by atoms with van der Waals surface area (Å²) in [7, 11) is 1.55. The van der Waals surface area contributed by atoms with E-state index in [1.165, 1.54) is 0 Å². The van der Waals surface area contributed by atoms with Gasteiger partial charge < -0.3 is 15.0 Å². The highest BCUT2D eigenvalue weighted by atomic mass is 16.5. The van der Waals surface area contributed by atoms with Gasteiger partial charge in [-0.15, -0.1) is 0 Å². The lowest BCUT2D eigenvalue weighted by atomic mass is 10.0. The van der Waals surface area contributed by atoms with Gasteiger partial charge in [-0.1, -0.05) is 43.3 Å². The summed E-state index contributed by atoms with van der Waals surface area (Å²) in [5.74, 6) is -1.08. The van der Waals surface area contributed by atoms with Crippen molar-refractivity contribution < 1.29 is 14.3 Å². The summed E-state index contributed by atoms with van der Waals surface area (Å²) in [6.45, 7) is 2.56. The van der Waals surface area contributed by atoms with Crippen molar-refractivity contribution in [1.82, 2.24) is 4.57 Å². The van der Waals surface area contributed by atoms with Gasteiger partial charge in [0.05, 0.1) is 23.6 Å². The zero-order valence-corrected chi connectivity index (χ0v) is 14.3. The number of hydrogen-bond acceptors (Lipinski definition) is 3. The average Bonchev–Trinajstić information content (AvgIpc) is 2.95. The molecule has 1 heterocycles. The summed E-state index contributed by atoms with van der Waals surface area (Å²) in [4.78, 5) is 24.1. The van der Waals surface area contributed by atoms with E-state index in [9.17, 15) is 9.59 Å². The van der Waals surface area contributed by atoms with E-state index in [0.717, 1.165) is 16.8 Å². The molecule has 0 bridgehead atoms. The minimum Gasteiger partial charge on any atom is -0.496 e. The van der Waals surface area contributed by atoms with E-state index >= 15 is 0 Å². The van der Waals surface area contributed by atoms with E-state index in [-0.39, 0.29) is 0 Å². The topological polar surface area (TPSA) is 74.3 Å². The molecule has 5 nitrogen and oxygen atoms in total. The molecule has 0 fully saturated rings. The molecule has 0 aliphatic carbocycles. The Labute approximate surface area is 146 Å². The zero-order chi connectivity index (χ0) is 18.0. The van der Waals surface area contributed by atoms with Gasteiger partial charge in [0.15, 0.2) is 0 Å². The summed E-state index contributed by atoms with van der Waals surface area (Å²) in [6.07, 6.45) is 0.596. The number of nitrogens with zero attached hydrogens (tertiary/aromatic N) is 1. The van der Waals surface area contributed by atoms with Crippen molar-refractivity contribution in [3.8, 4) is 5.75 Å². The van der Waals surface area contributed by atoms with Crippen LogP contribution in [0.3, 0.4) is 0 Å². The predicted molar refractivity (Wildman–Crippen MR) is 96.9 cm³/mol. The maximum absolute atomic E-state index is 12.5. The lowest BCUT2D eigenvalue weighted by molar-refractivity contribution is -0.114. The molecule has 1 amide bonds. The number of rotatable bonds is 6. The minimum absolute atomic E-state index is 0.346. The van der Waals surface area contributed by atoms with Gasteiger partial charge in [-0.3, -0.25) is 9.59 Å². The number of nitrogens with two attached hydrogens (primary N) is 1. The standard InChI is InChI=1S/C20H20N2O3/c1-3-14-18(19(23)20(21)24)17-15(10-7-11-16(17)25-2)22(14)12-13-8-5-4-6-9-13/h4-11H,3,12H2,1-2H3,(H2,21,24). The second-order valence-corrected chi connectivity index (χ2v) is 5.79. The van der Waals surface area contributed by atoms with Crippen molar-refractivity contribution in [1.29, 1.82) is 0 Å². The summed E-state index contributed by atoms with van der Waals surface area (Å²) in [5, 5.41) is 0.640. The Hall–Kier alpha value is -3.08. The molecule has 0 aliphatic heterocycles. The van der Waals surface area contributed by atoms with Gasteiger partial charge in [0.25, 0.3) is 11.7 Å². The van der Waals surface area contributed by atoms with Crippen LogP contribution in [0.25, 0.3) is 10.9 Å². The number of hydrogen-bond donors (Lipinski definition) is 1. The molecule has 2 aromatic carbocycles. The third-order valence-corrected chi connectivity index (χ3v) is 4.35. The summed E-state index contributed by atoms with van der Waals surface area (Å²) in [6, 6.07) is 15.6. The molecular formula is C20H20N2O3. The second-order valence-electron chi connectivity index (χ2n) is 5.79. The molecule has 0 spiro atoms. The maximum atomic E-state index is 12.5. The Morgan fingerprint density at radius 3 is 2.40 bits per heavy atom. The summed E-state index contributed by atoms with van der Waals surface area (Å²) >= 11 is 0. The lowest BCUT2D eigenvalue weighted by Crippen LogP contribution is -2.24. The van der Waals surface area contributed by atoms with Crippen molar-refractivity contribution >= 4 is 22.6 Å². The maximum Gasteiger partial charge on any atom is 0.289 e. The molecule has 25 heavy (non-hydrogen) atoms. The van der Waals surface area contributed by atoms with Crippen LogP contribution >= 0.6 is 0 Å². The van der Waals surface area contributed by atoms with Crippen molar-refractivity contribution in [3.05, 3.63) is 65.4 Å². The van der Waals surface area contributed by atoms with Crippen LogP contribution in [0.4, 0.5) is 0 Å². The molecule has 0 saturated carbocycles. The van der Waals surface area contributed by atoms with Gasteiger partial charge in [-0.25, -0.2) is 0 Å². The molecule has 3 rings (SSSR count). The number of methoxy groups -OCH3 is 1. The summed E-state index contributed by atoms with van der Waals surface area (Å²) in [5.41, 5.74) is 8.39. The minimum atomic E-state index is -0.959. The number of ketones is 1. The predicted octanol–water partition coefficient (Wildman–Crippen LogP) is 2.93. The van der Waals surface area contributed by atoms with Crippen molar-refractivity contribution in [2.45, 2.75) is 19.9 Å². The van der Waals surface area contributed by atoms with Crippen molar-refractivity contribution in [2.24, 2.45) is 5.73 Å². The van der Waals surface area contributed by atoms with E-state index in [1.807, 2.05) is 49.4 Å². The monoisotopic (exact) mass is 336 g/mol. The lowest BCUT2D eigenvalue weighted by Gasteiger charge is -2.10. The van der Waals surface area contributed by atoms with E-state index in [0.29, 0.717) is 29.7 Å². The first-order chi connectivity index (χ1) is 12.1. The van der Waals surface area contributed by atoms with Gasteiger partial charge in [0.2, 0.25) is 0 Å². The number of amides is 1. The molecule has 0 atom stereocenters. The molecule has 0 aliphatic rings. The van der Waals surface area contributed by atoms with Crippen LogP contribution in [-0.2, 0) is 17.8 Å². The fraction of sp³-hybridized carbons (Fsp3) is 0.200. The second kappa shape index (κ2) is 6.81. The summed E-state index contributed by atoms with van der Waals surface area (Å²) < 4.78 is 7.50. The highest BCUT2D eigenvalue weighted by Gasteiger charge is 2.26. The highest BCUT2D eigenvalue weighted by Crippen LogP contribution is 2.35. The molecule has 1 aromatic heterocycles. The number of Topliss-reactive ketones (excluding diaryl/α,β-unsaturated/α-hetero) is 1. The van der Waals surface area contributed by atoms with E-state index in [2.05, 4.69) is 4.57 Å². The first kappa shape index (κ1) is 16.8. The molecule has 0 radical (unpaired) electrons. The van der Waals surface area contributed by atoms with Crippen LogP contribution in [-0.4, -0.2) is 23.4 Å². The van der Waals surface area contributed by atoms with Crippen molar-refractivity contribution in [2.75, 3.05) is 7.11 Å². The average molecular weight is 336 g/mol. The van der Waals surface area contributed by atoms with Gasteiger partial charge in [-0.05, 0) is 24.1 Å². The van der Waals surface area contributed by atoms with Crippen LogP contribution in [0, 0.1) is 0 Å². The number of carbonyl (C=O) groups excluding carboxylic acids is 2. The number of benzene rings is 2. The Morgan fingerprint density at radius 1 is 1.08 bits per heavy atom. The van der Waals surface area contributed by atoms with Crippen molar-refractivity contribution in [3.63, 3.8) is 0 Å². The molecular weight excluding hydrogens is 316 g/mol. The third-order valence-electron chi connectivity index (χ3n) is 4.35. The van der Waals surface area contributed by atoms with Crippen LogP contribution in [0.2, 0.25) is 0 Å². The largest absolute Gasteiger partial charge is 0.496 e. The van der Waals surface area contributed by atoms with Crippen LogP contribution in [0.1, 0.15) is 28.5 Å². The smallest absolute Gasteiger partial charge is 0.289 e. The number of carbonyl (C=O) groups is 2. The van der Waals surface area contributed by atoms with Gasteiger partial charge in [0, 0.05) is 12.2 Å². The Balaban J connectivity index is 2.33. The number of ether oxygens (including phenoxy) is 1. The first-order valence-corrected chi connectivity index (χ1v) is 8.14. The van der Waals surface area contributed by atoms with Crippen LogP contribution in [0.5, 0.6) is 5.75 Å². The first-order valence-electron chi connectivity index (χ1n) is 8.14. The molecule has 0 saturated heterocycles. The molecule has 2 N–H and O–H groups in total. The van der Waals surface area contributed by atoms with Gasteiger partial charge in [0.1, 0.15) is 5.75 Å². The quantitative estimate of drug-likeness (QED) is 0.555. The van der Waals surface area contributed by atoms with Gasteiger partial charge >= 0.3 is 0 Å². The van der Waals surface area contributed by atoms with Gasteiger partial charge in [-0.2, -0.15) is 0 Å². The highest BCUT2D eigenvalue weighted by molar-refractivity contribution is 6.45.